The zero-order valence-electron chi connectivity index (χ0n) is 13.4. The molecular formula is C17H31NO2. The third-order valence-corrected chi connectivity index (χ3v) is 4.94. The Bertz CT molecular complexity index is 308. The molecule has 2 rings (SSSR count). The molecule has 0 spiro atoms. The maximum Gasteiger partial charge on any atom is 0.308 e. The van der Waals surface area contributed by atoms with E-state index in [0.717, 1.165) is 31.1 Å². The number of carbonyl (C=O) groups excluding carboxylic acids is 1. The summed E-state index contributed by atoms with van der Waals surface area (Å²) in [4.78, 5) is 11.9. The molecule has 3 nitrogen and oxygen atoms in total. The van der Waals surface area contributed by atoms with Crippen molar-refractivity contribution in [3.8, 4) is 0 Å². The highest BCUT2D eigenvalue weighted by Crippen LogP contribution is 2.31. The fraction of sp³-hybridized carbons (Fsp3) is 0.941. The van der Waals surface area contributed by atoms with E-state index >= 15 is 0 Å². The summed E-state index contributed by atoms with van der Waals surface area (Å²) in [6.07, 6.45) is 8.31. The van der Waals surface area contributed by atoms with Crippen LogP contribution >= 0.6 is 0 Å². The second-order valence-corrected chi connectivity index (χ2v) is 7.09. The summed E-state index contributed by atoms with van der Waals surface area (Å²) in [7, 11) is 0. The van der Waals surface area contributed by atoms with Gasteiger partial charge >= 0.3 is 5.97 Å². The van der Waals surface area contributed by atoms with Gasteiger partial charge in [-0.2, -0.15) is 0 Å². The molecule has 0 amide bonds. The summed E-state index contributed by atoms with van der Waals surface area (Å²) in [5.41, 5.74) is 0. The van der Waals surface area contributed by atoms with Crippen LogP contribution in [0, 0.1) is 17.8 Å². The maximum absolute atomic E-state index is 11.9. The Kier molecular flexibility index (Phi) is 5.88. The Morgan fingerprint density at radius 2 is 1.75 bits per heavy atom. The third kappa shape index (κ3) is 4.47. The van der Waals surface area contributed by atoms with Crippen LogP contribution in [0.3, 0.4) is 0 Å². The van der Waals surface area contributed by atoms with Crippen LogP contribution in [0.1, 0.15) is 65.7 Å². The van der Waals surface area contributed by atoms with Crippen molar-refractivity contribution in [2.45, 2.75) is 77.8 Å². The zero-order chi connectivity index (χ0) is 14.5. The Morgan fingerprint density at radius 3 is 2.40 bits per heavy atom. The molecule has 0 heterocycles. The van der Waals surface area contributed by atoms with Crippen molar-refractivity contribution in [3.05, 3.63) is 0 Å². The van der Waals surface area contributed by atoms with E-state index in [2.05, 4.69) is 19.2 Å². The highest BCUT2D eigenvalue weighted by molar-refractivity contribution is 5.72. The number of ether oxygens (including phenoxy) is 1. The van der Waals surface area contributed by atoms with E-state index in [-0.39, 0.29) is 11.9 Å². The van der Waals surface area contributed by atoms with Gasteiger partial charge in [-0.15, -0.1) is 0 Å². The molecule has 0 aliphatic heterocycles. The Balaban J connectivity index is 1.81. The first-order chi connectivity index (χ1) is 9.58. The highest BCUT2D eigenvalue weighted by atomic mass is 16.5. The van der Waals surface area contributed by atoms with Gasteiger partial charge in [-0.05, 0) is 57.3 Å². The molecule has 0 aromatic rings. The molecule has 2 aliphatic rings. The van der Waals surface area contributed by atoms with Gasteiger partial charge in [0.05, 0.1) is 12.5 Å². The highest BCUT2D eigenvalue weighted by Gasteiger charge is 2.31. The molecule has 2 saturated carbocycles. The van der Waals surface area contributed by atoms with Gasteiger partial charge in [0.25, 0.3) is 0 Å². The first-order valence-electron chi connectivity index (χ1n) is 8.51. The zero-order valence-corrected chi connectivity index (χ0v) is 13.4. The summed E-state index contributed by atoms with van der Waals surface area (Å²) in [6, 6.07) is 1.17. The van der Waals surface area contributed by atoms with Crippen molar-refractivity contribution in [2.75, 3.05) is 6.61 Å². The minimum Gasteiger partial charge on any atom is -0.466 e. The molecule has 3 heteroatoms. The predicted molar refractivity (Wildman–Crippen MR) is 81.5 cm³/mol. The first kappa shape index (κ1) is 15.8. The largest absolute Gasteiger partial charge is 0.466 e. The van der Waals surface area contributed by atoms with E-state index in [4.69, 9.17) is 4.74 Å². The van der Waals surface area contributed by atoms with E-state index in [9.17, 15) is 4.79 Å². The maximum atomic E-state index is 11.9. The van der Waals surface area contributed by atoms with Gasteiger partial charge in [-0.1, -0.05) is 20.3 Å². The van der Waals surface area contributed by atoms with E-state index in [0.29, 0.717) is 18.7 Å². The summed E-state index contributed by atoms with van der Waals surface area (Å²) in [5, 5.41) is 3.84. The lowest BCUT2D eigenvalue weighted by molar-refractivity contribution is -0.149. The summed E-state index contributed by atoms with van der Waals surface area (Å²) < 4.78 is 5.19. The summed E-state index contributed by atoms with van der Waals surface area (Å²) in [5.74, 6) is 1.81. The van der Waals surface area contributed by atoms with Gasteiger partial charge in [0.2, 0.25) is 0 Å². The van der Waals surface area contributed by atoms with Gasteiger partial charge in [-0.25, -0.2) is 0 Å². The smallest absolute Gasteiger partial charge is 0.308 e. The minimum absolute atomic E-state index is 0.0179. The number of esters is 1. The molecule has 0 saturated heterocycles. The van der Waals surface area contributed by atoms with Crippen molar-refractivity contribution in [1.82, 2.24) is 5.32 Å². The Morgan fingerprint density at radius 1 is 1.05 bits per heavy atom. The van der Waals surface area contributed by atoms with E-state index in [1.54, 1.807) is 0 Å². The van der Waals surface area contributed by atoms with Crippen LogP contribution < -0.4 is 5.32 Å². The van der Waals surface area contributed by atoms with E-state index < -0.39 is 0 Å². The van der Waals surface area contributed by atoms with Crippen LogP contribution in [-0.2, 0) is 9.53 Å². The van der Waals surface area contributed by atoms with Crippen LogP contribution in [-0.4, -0.2) is 24.7 Å². The van der Waals surface area contributed by atoms with Crippen LogP contribution in [0.15, 0.2) is 0 Å². The Hall–Kier alpha value is -0.570. The fourth-order valence-corrected chi connectivity index (χ4v) is 4.23. The fourth-order valence-electron chi connectivity index (χ4n) is 4.23. The lowest BCUT2D eigenvalue weighted by Crippen LogP contribution is -2.45. The second-order valence-electron chi connectivity index (χ2n) is 7.09. The van der Waals surface area contributed by atoms with Crippen molar-refractivity contribution in [1.29, 1.82) is 0 Å². The van der Waals surface area contributed by atoms with Crippen molar-refractivity contribution in [3.63, 3.8) is 0 Å². The van der Waals surface area contributed by atoms with Gasteiger partial charge in [0.1, 0.15) is 0 Å². The van der Waals surface area contributed by atoms with Crippen LogP contribution in [0.25, 0.3) is 0 Å². The molecule has 20 heavy (non-hydrogen) atoms. The molecule has 1 N–H and O–H groups in total. The average Bonchev–Trinajstić information content (AvgIpc) is 2.38. The lowest BCUT2D eigenvalue weighted by atomic mass is 9.79. The monoisotopic (exact) mass is 281 g/mol. The molecule has 4 atom stereocenters. The number of hydrogen-bond acceptors (Lipinski definition) is 3. The third-order valence-electron chi connectivity index (χ3n) is 4.94. The van der Waals surface area contributed by atoms with Gasteiger partial charge in [0, 0.05) is 12.1 Å². The normalized spacial score (nSPS) is 38.5. The topological polar surface area (TPSA) is 38.3 Å². The van der Waals surface area contributed by atoms with Gasteiger partial charge in [0.15, 0.2) is 0 Å². The number of carbonyl (C=O) groups is 1. The second kappa shape index (κ2) is 7.44. The van der Waals surface area contributed by atoms with Crippen molar-refractivity contribution < 1.29 is 9.53 Å². The SMILES string of the molecule is CCOC(=O)C1CCCC(NC2CC(C)CC(C)C2)C1. The quantitative estimate of drug-likeness (QED) is 0.801. The minimum atomic E-state index is 0.0179. The van der Waals surface area contributed by atoms with Crippen LogP contribution in [0.4, 0.5) is 0 Å². The molecule has 0 aromatic heterocycles. The number of rotatable bonds is 4. The Labute approximate surface area is 123 Å². The average molecular weight is 281 g/mol. The number of nitrogens with one attached hydrogen (secondary N) is 1. The van der Waals surface area contributed by atoms with Crippen molar-refractivity contribution in [2.24, 2.45) is 17.8 Å². The molecule has 0 bridgehead atoms. The molecule has 0 aromatic carbocycles. The predicted octanol–water partition coefficient (Wildman–Crippen LogP) is 3.52. The molecule has 2 fully saturated rings. The van der Waals surface area contributed by atoms with Crippen LogP contribution in [0.5, 0.6) is 0 Å². The molecular weight excluding hydrogens is 250 g/mol. The van der Waals surface area contributed by atoms with Crippen molar-refractivity contribution >= 4 is 5.97 Å². The standard InChI is InChI=1S/C17H31NO2/c1-4-20-17(19)14-6-5-7-15(11-14)18-16-9-12(2)8-13(3)10-16/h12-16,18H,4-11H2,1-3H3. The first-order valence-corrected chi connectivity index (χ1v) is 8.51. The van der Waals surface area contributed by atoms with E-state index in [1.807, 2.05) is 6.92 Å². The molecule has 2 aliphatic carbocycles. The van der Waals surface area contributed by atoms with Gasteiger partial charge < -0.3 is 10.1 Å². The lowest BCUT2D eigenvalue weighted by Gasteiger charge is -2.37. The van der Waals surface area contributed by atoms with Crippen LogP contribution in [0.2, 0.25) is 0 Å². The van der Waals surface area contributed by atoms with Gasteiger partial charge in [-0.3, -0.25) is 4.79 Å². The summed E-state index contributed by atoms with van der Waals surface area (Å²) >= 11 is 0. The summed E-state index contributed by atoms with van der Waals surface area (Å²) in [6.45, 7) is 7.13. The molecule has 0 radical (unpaired) electrons. The van der Waals surface area contributed by atoms with E-state index in [1.165, 1.54) is 25.7 Å². The molecule has 4 unspecified atom stereocenters. The number of hydrogen-bond donors (Lipinski definition) is 1. The molecule has 116 valence electrons.